The van der Waals surface area contributed by atoms with Crippen molar-refractivity contribution in [1.82, 2.24) is 0 Å². The number of carbonyl (C=O) groups excluding carboxylic acids is 1. The fourth-order valence-corrected chi connectivity index (χ4v) is 3.18. The van der Waals surface area contributed by atoms with Crippen LogP contribution in [0.3, 0.4) is 0 Å². The summed E-state index contributed by atoms with van der Waals surface area (Å²) in [6, 6.07) is 1.82. The third-order valence-corrected chi connectivity index (χ3v) is 4.29. The highest BCUT2D eigenvalue weighted by atomic mass is 32.2. The zero-order valence-corrected chi connectivity index (χ0v) is 14.4. The molecule has 0 aliphatic heterocycles. The highest BCUT2D eigenvalue weighted by molar-refractivity contribution is 7.86. The Hall–Kier alpha value is -1.14. The van der Waals surface area contributed by atoms with E-state index in [0.717, 1.165) is 30.1 Å². The predicted molar refractivity (Wildman–Crippen MR) is 97.5 cm³/mol. The molecule has 116 valence electrons. The second-order valence-electron chi connectivity index (χ2n) is 5.08. The van der Waals surface area contributed by atoms with Gasteiger partial charge in [-0.05, 0) is 22.8 Å². The van der Waals surface area contributed by atoms with Gasteiger partial charge in [-0.25, -0.2) is 0 Å². The Labute approximate surface area is 135 Å². The van der Waals surface area contributed by atoms with E-state index in [9.17, 15) is 13.2 Å². The molecule has 0 unspecified atom stereocenters. The van der Waals surface area contributed by atoms with E-state index < -0.39 is 21.8 Å². The molecular weight excluding hydrogens is 299 g/mol. The molecule has 0 fully saturated rings. The summed E-state index contributed by atoms with van der Waals surface area (Å²) < 4.78 is 35.5. The Kier molecular flexibility index (Phi) is 6.81. The largest absolute Gasteiger partial charge is 0.425 e. The van der Waals surface area contributed by atoms with Gasteiger partial charge >= 0.3 is 5.97 Å². The van der Waals surface area contributed by atoms with Crippen molar-refractivity contribution < 1.29 is 22.5 Å². The molecule has 0 aromatic heterocycles. The van der Waals surface area contributed by atoms with E-state index >= 15 is 0 Å². The zero-order chi connectivity index (χ0) is 16.9. The fraction of sp³-hybridized carbons (Fsp3) is 0.417. The molecule has 0 heterocycles. The third-order valence-electron chi connectivity index (χ3n) is 3.68. The first-order chi connectivity index (χ1) is 10.3. The lowest BCUT2D eigenvalue weighted by Gasteiger charge is -2.20. The van der Waals surface area contributed by atoms with Crippen molar-refractivity contribution in [2.24, 2.45) is 0 Å². The smallest absolute Gasteiger partial charge is 0.329 e. The molecule has 0 saturated heterocycles. The number of rotatable bonds is 7. The van der Waals surface area contributed by atoms with Crippen LogP contribution in [-0.2, 0) is 40.2 Å². The van der Waals surface area contributed by atoms with Gasteiger partial charge in [-0.1, -0.05) is 30.8 Å². The van der Waals surface area contributed by atoms with Crippen LogP contribution >= 0.6 is 0 Å². The summed E-state index contributed by atoms with van der Waals surface area (Å²) in [6.07, 6.45) is 3.22. The first kappa shape index (κ1) is 18.9. The van der Waals surface area contributed by atoms with Crippen LogP contribution in [0.1, 0.15) is 22.3 Å². The Morgan fingerprint density at radius 2 is 1.55 bits per heavy atom. The third kappa shape index (κ3) is 4.68. The highest BCUT2D eigenvalue weighted by Crippen LogP contribution is 2.30. The summed E-state index contributed by atoms with van der Waals surface area (Å²) in [5.41, 5.74) is 4.47. The first-order valence-electron chi connectivity index (χ1n) is 7.59. The number of hydrogen-bond donors (Lipinski definition) is 1. The average Bonchev–Trinajstić information content (AvgIpc) is 2.43. The fourth-order valence-electron chi connectivity index (χ4n) is 2.82. The van der Waals surface area contributed by atoms with Gasteiger partial charge in [-0.15, -0.1) is 0 Å². The van der Waals surface area contributed by atoms with E-state index in [1.807, 2.05) is 21.8 Å². The molecule has 5 nitrogen and oxygen atoms in total. The summed E-state index contributed by atoms with van der Waals surface area (Å²) in [7, 11) is 3.77. The molecule has 0 saturated carbocycles. The quantitative estimate of drug-likeness (QED) is 0.251. The monoisotopic (exact) mass is 320 g/mol. The lowest BCUT2D eigenvalue weighted by molar-refractivity contribution is -0.131. The molecule has 0 aliphatic rings. The Morgan fingerprint density at radius 3 is 1.95 bits per heavy atom. The van der Waals surface area contributed by atoms with E-state index in [2.05, 4.69) is 15.7 Å². The minimum Gasteiger partial charge on any atom is -0.425 e. The second kappa shape index (κ2) is 7.92. The number of benzene rings is 1. The maximum Gasteiger partial charge on any atom is 0.329 e. The lowest BCUT2D eigenvalue weighted by Crippen LogP contribution is -2.21. The van der Waals surface area contributed by atoms with Crippen molar-refractivity contribution >= 4 is 47.5 Å². The summed E-state index contributed by atoms with van der Waals surface area (Å²) in [4.78, 5) is 11.7. The average molecular weight is 320 g/mol. The molecule has 0 bridgehead atoms. The molecule has 1 N–H and O–H groups in total. The van der Waals surface area contributed by atoms with Crippen molar-refractivity contribution in [3.63, 3.8) is 0 Å². The van der Waals surface area contributed by atoms with Gasteiger partial charge < -0.3 is 4.74 Å². The summed E-state index contributed by atoms with van der Waals surface area (Å²) in [6.45, 7) is 0. The van der Waals surface area contributed by atoms with Crippen LogP contribution < -0.4 is 4.74 Å². The number of carbonyl (C=O) groups is 1. The SMILES string of the molecule is BCc1cc(OC(=O)CS(=O)(=O)O)c(CB)c(CB)c1CB. The van der Waals surface area contributed by atoms with Crippen LogP contribution in [0, 0.1) is 0 Å². The van der Waals surface area contributed by atoms with Crippen LogP contribution in [0.2, 0.25) is 0 Å². The normalized spacial score (nSPS) is 11.3. The van der Waals surface area contributed by atoms with Crippen molar-refractivity contribution in [3.05, 3.63) is 28.3 Å². The molecule has 1 aromatic carbocycles. The minimum absolute atomic E-state index is 0.405. The summed E-state index contributed by atoms with van der Waals surface area (Å²) in [5.74, 6) is -1.60. The molecule has 22 heavy (non-hydrogen) atoms. The molecule has 0 aliphatic carbocycles. The van der Waals surface area contributed by atoms with Crippen molar-refractivity contribution in [2.45, 2.75) is 25.3 Å². The van der Waals surface area contributed by atoms with Gasteiger partial charge in [0.2, 0.25) is 0 Å². The van der Waals surface area contributed by atoms with Crippen LogP contribution in [0.5, 0.6) is 5.75 Å². The summed E-state index contributed by atoms with van der Waals surface area (Å²) >= 11 is 0. The molecule has 1 rings (SSSR count). The maximum atomic E-state index is 11.7. The number of hydrogen-bond acceptors (Lipinski definition) is 4. The molecule has 0 radical (unpaired) electrons. The van der Waals surface area contributed by atoms with E-state index in [0.29, 0.717) is 12.1 Å². The maximum absolute atomic E-state index is 11.7. The number of ether oxygens (including phenoxy) is 1. The standard InChI is InChI=1S/C12H20B4O5S/c13-2-7-1-11(21-12(17)6-22(18,19)20)10(5-16)9(4-15)8(7)3-14/h1H,2-6,13-16H2,(H,18,19,20). The van der Waals surface area contributed by atoms with Crippen LogP contribution in [0.25, 0.3) is 0 Å². The predicted octanol–water partition coefficient (Wildman–Crippen LogP) is -2.99. The van der Waals surface area contributed by atoms with E-state index in [1.165, 1.54) is 11.1 Å². The molecule has 0 spiro atoms. The zero-order valence-electron chi connectivity index (χ0n) is 13.6. The Morgan fingerprint density at radius 1 is 1.00 bits per heavy atom. The van der Waals surface area contributed by atoms with E-state index in [-0.39, 0.29) is 0 Å². The van der Waals surface area contributed by atoms with Gasteiger partial charge in [-0.3, -0.25) is 9.35 Å². The Balaban J connectivity index is 3.32. The van der Waals surface area contributed by atoms with Crippen LogP contribution in [-0.4, -0.2) is 56.1 Å². The van der Waals surface area contributed by atoms with Gasteiger partial charge in [0.1, 0.15) is 37.1 Å². The van der Waals surface area contributed by atoms with Gasteiger partial charge in [0.25, 0.3) is 10.1 Å². The Bertz CT molecular complexity index is 660. The van der Waals surface area contributed by atoms with E-state index in [1.54, 1.807) is 0 Å². The molecular formula is C12H20B4O5S. The van der Waals surface area contributed by atoms with Gasteiger partial charge in [-0.2, -0.15) is 8.42 Å². The van der Waals surface area contributed by atoms with Crippen molar-refractivity contribution in [1.29, 1.82) is 0 Å². The van der Waals surface area contributed by atoms with Crippen molar-refractivity contribution in [3.8, 4) is 5.75 Å². The van der Waals surface area contributed by atoms with Gasteiger partial charge in [0.15, 0.2) is 5.75 Å². The molecule has 1 aromatic rings. The first-order valence-corrected chi connectivity index (χ1v) is 9.20. The van der Waals surface area contributed by atoms with E-state index in [4.69, 9.17) is 9.29 Å². The van der Waals surface area contributed by atoms with Crippen LogP contribution in [0.15, 0.2) is 6.07 Å². The van der Waals surface area contributed by atoms with Gasteiger partial charge in [0.05, 0.1) is 0 Å². The number of esters is 1. The lowest BCUT2D eigenvalue weighted by atomic mass is 9.76. The van der Waals surface area contributed by atoms with Gasteiger partial charge in [0, 0.05) is 0 Å². The molecule has 0 amide bonds. The molecule has 0 atom stereocenters. The summed E-state index contributed by atoms with van der Waals surface area (Å²) in [5, 5.41) is 0. The highest BCUT2D eigenvalue weighted by Gasteiger charge is 2.20. The second-order valence-corrected chi connectivity index (χ2v) is 6.54. The van der Waals surface area contributed by atoms with Crippen molar-refractivity contribution in [2.75, 3.05) is 5.75 Å². The van der Waals surface area contributed by atoms with Crippen LogP contribution in [0.4, 0.5) is 0 Å². The minimum atomic E-state index is -4.38. The topological polar surface area (TPSA) is 80.7 Å². The molecule has 10 heteroatoms.